The van der Waals surface area contributed by atoms with Gasteiger partial charge in [0.25, 0.3) is 0 Å². The molecular weight excluding hydrogens is 192 g/mol. The molecule has 1 aromatic rings. The van der Waals surface area contributed by atoms with Crippen LogP contribution in [0.5, 0.6) is 0 Å². The molecule has 1 aliphatic heterocycles. The summed E-state index contributed by atoms with van der Waals surface area (Å²) in [6.45, 7) is 5.83. The topological polar surface area (TPSA) is 64.3 Å². The van der Waals surface area contributed by atoms with Gasteiger partial charge >= 0.3 is 0 Å². The third-order valence-corrected chi connectivity index (χ3v) is 2.41. The van der Waals surface area contributed by atoms with Crippen LogP contribution in [0, 0.1) is 0 Å². The molecule has 5 heteroatoms. The summed E-state index contributed by atoms with van der Waals surface area (Å²) in [5.74, 6) is 1.32. The quantitative estimate of drug-likeness (QED) is 0.735. The van der Waals surface area contributed by atoms with Crippen LogP contribution in [-0.4, -0.2) is 35.5 Å². The van der Waals surface area contributed by atoms with E-state index in [1.807, 2.05) is 6.07 Å². The number of morpholine rings is 1. The fraction of sp³-hybridized carbons (Fsp3) is 0.600. The Hall–Kier alpha value is -1.36. The molecular formula is C10H16N4O. The minimum Gasteiger partial charge on any atom is -0.382 e. The highest BCUT2D eigenvalue weighted by molar-refractivity contribution is 5.41. The third-order valence-electron chi connectivity index (χ3n) is 2.41. The lowest BCUT2D eigenvalue weighted by Gasteiger charge is -2.35. The first-order valence-corrected chi connectivity index (χ1v) is 5.15. The van der Waals surface area contributed by atoms with Crippen molar-refractivity contribution in [1.82, 2.24) is 10.2 Å². The fourth-order valence-electron chi connectivity index (χ4n) is 1.87. The van der Waals surface area contributed by atoms with Crippen LogP contribution in [0.1, 0.15) is 13.8 Å². The van der Waals surface area contributed by atoms with Gasteiger partial charge in [-0.2, -0.15) is 0 Å². The summed E-state index contributed by atoms with van der Waals surface area (Å²) in [7, 11) is 0. The number of hydrogen-bond donors (Lipinski definition) is 1. The number of hydrogen-bond acceptors (Lipinski definition) is 5. The highest BCUT2D eigenvalue weighted by Crippen LogP contribution is 2.17. The minimum absolute atomic E-state index is 0.230. The number of anilines is 2. The Morgan fingerprint density at radius 3 is 2.47 bits per heavy atom. The van der Waals surface area contributed by atoms with Crippen LogP contribution in [0.4, 0.5) is 11.6 Å². The number of aromatic nitrogens is 2. The van der Waals surface area contributed by atoms with Gasteiger partial charge < -0.3 is 15.4 Å². The van der Waals surface area contributed by atoms with Crippen LogP contribution in [0.25, 0.3) is 0 Å². The molecule has 15 heavy (non-hydrogen) atoms. The average molecular weight is 208 g/mol. The SMILES string of the molecule is CC1CN(c2ccc(N)nn2)CC(C)O1. The van der Waals surface area contributed by atoms with Crippen molar-refractivity contribution in [2.75, 3.05) is 23.7 Å². The number of ether oxygens (including phenoxy) is 1. The van der Waals surface area contributed by atoms with Crippen LogP contribution in [0.3, 0.4) is 0 Å². The van der Waals surface area contributed by atoms with E-state index >= 15 is 0 Å². The number of rotatable bonds is 1. The lowest BCUT2D eigenvalue weighted by molar-refractivity contribution is -0.00550. The van der Waals surface area contributed by atoms with E-state index in [2.05, 4.69) is 28.9 Å². The highest BCUT2D eigenvalue weighted by Gasteiger charge is 2.23. The molecule has 0 bridgehead atoms. The van der Waals surface area contributed by atoms with E-state index in [1.54, 1.807) is 6.07 Å². The van der Waals surface area contributed by atoms with Gasteiger partial charge in [-0.1, -0.05) is 0 Å². The number of nitrogens with two attached hydrogens (primary N) is 1. The van der Waals surface area contributed by atoms with E-state index in [-0.39, 0.29) is 12.2 Å². The van der Waals surface area contributed by atoms with E-state index in [1.165, 1.54) is 0 Å². The lowest BCUT2D eigenvalue weighted by Crippen LogP contribution is -2.45. The van der Waals surface area contributed by atoms with Gasteiger partial charge in [0.2, 0.25) is 0 Å². The zero-order valence-electron chi connectivity index (χ0n) is 9.05. The second-order valence-corrected chi connectivity index (χ2v) is 3.98. The molecule has 1 aliphatic rings. The van der Waals surface area contributed by atoms with Crippen molar-refractivity contribution < 1.29 is 4.74 Å². The first-order valence-electron chi connectivity index (χ1n) is 5.15. The molecule has 1 saturated heterocycles. The van der Waals surface area contributed by atoms with E-state index < -0.39 is 0 Å². The van der Waals surface area contributed by atoms with Gasteiger partial charge in [0, 0.05) is 13.1 Å². The van der Waals surface area contributed by atoms with Crippen molar-refractivity contribution in [3.8, 4) is 0 Å². The molecule has 1 aromatic heterocycles. The molecule has 2 unspecified atom stereocenters. The predicted octanol–water partition coefficient (Wildman–Crippen LogP) is 0.672. The molecule has 2 rings (SSSR count). The van der Waals surface area contributed by atoms with Crippen LogP contribution in [-0.2, 0) is 4.74 Å². The fourth-order valence-corrected chi connectivity index (χ4v) is 1.87. The van der Waals surface area contributed by atoms with E-state index in [4.69, 9.17) is 10.5 Å². The Bertz CT molecular complexity index is 317. The zero-order chi connectivity index (χ0) is 10.8. The normalized spacial score (nSPS) is 26.7. The van der Waals surface area contributed by atoms with Gasteiger partial charge in [0.05, 0.1) is 12.2 Å². The monoisotopic (exact) mass is 208 g/mol. The number of nitrogens with zero attached hydrogens (tertiary/aromatic N) is 3. The molecule has 2 atom stereocenters. The summed E-state index contributed by atoms with van der Waals surface area (Å²) >= 11 is 0. The summed E-state index contributed by atoms with van der Waals surface area (Å²) in [5, 5.41) is 7.92. The number of nitrogen functional groups attached to an aromatic ring is 1. The van der Waals surface area contributed by atoms with Crippen molar-refractivity contribution in [2.45, 2.75) is 26.1 Å². The Balaban J connectivity index is 2.12. The van der Waals surface area contributed by atoms with Gasteiger partial charge in [-0.05, 0) is 26.0 Å². The van der Waals surface area contributed by atoms with Crippen molar-refractivity contribution in [2.24, 2.45) is 0 Å². The molecule has 0 aromatic carbocycles. The van der Waals surface area contributed by atoms with Gasteiger partial charge in [-0.15, -0.1) is 10.2 Å². The molecule has 82 valence electrons. The largest absolute Gasteiger partial charge is 0.382 e. The van der Waals surface area contributed by atoms with Gasteiger partial charge in [0.15, 0.2) is 5.82 Å². The van der Waals surface area contributed by atoms with Crippen LogP contribution < -0.4 is 10.6 Å². The maximum absolute atomic E-state index is 5.65. The maximum Gasteiger partial charge on any atom is 0.151 e. The molecule has 0 aliphatic carbocycles. The summed E-state index contributed by atoms with van der Waals surface area (Å²) < 4.78 is 5.65. The van der Waals surface area contributed by atoms with Crippen LogP contribution in [0.2, 0.25) is 0 Å². The first kappa shape index (κ1) is 10.2. The molecule has 1 fully saturated rings. The van der Waals surface area contributed by atoms with Crippen molar-refractivity contribution in [3.05, 3.63) is 12.1 Å². The highest BCUT2D eigenvalue weighted by atomic mass is 16.5. The third kappa shape index (κ3) is 2.36. The summed E-state index contributed by atoms with van der Waals surface area (Å²) in [6.07, 6.45) is 0.459. The molecule has 0 spiro atoms. The Labute approximate surface area is 89.2 Å². The zero-order valence-corrected chi connectivity index (χ0v) is 9.05. The smallest absolute Gasteiger partial charge is 0.151 e. The standard InChI is InChI=1S/C10H16N4O/c1-7-5-14(6-8(2)15-7)10-4-3-9(11)12-13-10/h3-4,7-8H,5-6H2,1-2H3,(H2,11,12). The Kier molecular flexibility index (Phi) is 2.73. The second-order valence-electron chi connectivity index (χ2n) is 3.98. The Morgan fingerprint density at radius 2 is 1.93 bits per heavy atom. The molecule has 0 amide bonds. The molecule has 2 heterocycles. The molecule has 5 nitrogen and oxygen atoms in total. The first-order chi connectivity index (χ1) is 7.15. The maximum atomic E-state index is 5.65. The van der Waals surface area contributed by atoms with E-state index in [0.29, 0.717) is 5.82 Å². The van der Waals surface area contributed by atoms with Gasteiger partial charge in [-0.25, -0.2) is 0 Å². The van der Waals surface area contributed by atoms with Crippen molar-refractivity contribution >= 4 is 11.6 Å². The van der Waals surface area contributed by atoms with E-state index in [0.717, 1.165) is 18.9 Å². The molecule has 0 radical (unpaired) electrons. The summed E-state index contributed by atoms with van der Waals surface area (Å²) in [4.78, 5) is 2.17. The van der Waals surface area contributed by atoms with Crippen LogP contribution in [0.15, 0.2) is 12.1 Å². The van der Waals surface area contributed by atoms with E-state index in [9.17, 15) is 0 Å². The van der Waals surface area contributed by atoms with Crippen molar-refractivity contribution in [1.29, 1.82) is 0 Å². The Morgan fingerprint density at radius 1 is 1.27 bits per heavy atom. The lowest BCUT2D eigenvalue weighted by atomic mass is 10.2. The molecule has 0 saturated carbocycles. The van der Waals surface area contributed by atoms with Crippen molar-refractivity contribution in [3.63, 3.8) is 0 Å². The predicted molar refractivity (Wildman–Crippen MR) is 58.7 cm³/mol. The van der Waals surface area contributed by atoms with Crippen LogP contribution >= 0.6 is 0 Å². The summed E-state index contributed by atoms with van der Waals surface area (Å²) in [5.41, 5.74) is 5.49. The summed E-state index contributed by atoms with van der Waals surface area (Å²) in [6, 6.07) is 3.67. The second kappa shape index (κ2) is 4.02. The van der Waals surface area contributed by atoms with Gasteiger partial charge in [-0.3, -0.25) is 0 Å². The van der Waals surface area contributed by atoms with Gasteiger partial charge in [0.1, 0.15) is 5.82 Å². The molecule has 2 N–H and O–H groups in total. The average Bonchev–Trinajstić information content (AvgIpc) is 2.17. The minimum atomic E-state index is 0.230.